The van der Waals surface area contributed by atoms with Crippen molar-refractivity contribution < 1.29 is 9.53 Å². The van der Waals surface area contributed by atoms with E-state index in [1.165, 1.54) is 57.8 Å². The van der Waals surface area contributed by atoms with Gasteiger partial charge in [0.25, 0.3) is 0 Å². The first kappa shape index (κ1) is 27.7. The van der Waals surface area contributed by atoms with Gasteiger partial charge in [-0.25, -0.2) is 4.79 Å². The highest BCUT2D eigenvalue weighted by molar-refractivity contribution is 5.87. The van der Waals surface area contributed by atoms with Crippen LogP contribution in [0.1, 0.15) is 111 Å². The van der Waals surface area contributed by atoms with Gasteiger partial charge < -0.3 is 4.74 Å². The Kier molecular flexibility index (Phi) is 8.28. The summed E-state index contributed by atoms with van der Waals surface area (Å²) >= 11 is 0. The van der Waals surface area contributed by atoms with E-state index in [0.29, 0.717) is 10.8 Å². The number of carbonyl (C=O) groups is 1. The van der Waals surface area contributed by atoms with E-state index in [4.69, 9.17) is 4.74 Å². The predicted molar refractivity (Wildman–Crippen MR) is 158 cm³/mol. The number of hydrogen-bond acceptors (Lipinski definition) is 2. The van der Waals surface area contributed by atoms with Gasteiger partial charge in [-0.05, 0) is 103 Å². The lowest BCUT2D eigenvalue weighted by atomic mass is 9.47. The Balaban J connectivity index is 1.22. The molecule has 0 aromatic heterocycles. The van der Waals surface area contributed by atoms with Crippen molar-refractivity contribution in [3.63, 3.8) is 0 Å². The van der Waals surface area contributed by atoms with Gasteiger partial charge in [0.15, 0.2) is 0 Å². The van der Waals surface area contributed by atoms with Gasteiger partial charge in [-0.2, -0.15) is 0 Å². The zero-order chi connectivity index (χ0) is 26.9. The Labute approximate surface area is 232 Å². The van der Waals surface area contributed by atoms with Crippen molar-refractivity contribution in [3.8, 4) is 0 Å². The molecule has 0 bridgehead atoms. The van der Waals surface area contributed by atoms with Crippen molar-refractivity contribution in [2.45, 2.75) is 111 Å². The number of ether oxygens (including phenoxy) is 1. The van der Waals surface area contributed by atoms with E-state index in [0.717, 1.165) is 53.9 Å². The monoisotopic (exact) mass is 516 g/mol. The molecule has 4 aliphatic carbocycles. The number of esters is 1. The lowest BCUT2D eigenvalue weighted by molar-refractivity contribution is -0.145. The molecule has 38 heavy (non-hydrogen) atoms. The van der Waals surface area contributed by atoms with Crippen LogP contribution in [0.4, 0.5) is 0 Å². The smallest absolute Gasteiger partial charge is 0.331 e. The van der Waals surface area contributed by atoms with Crippen molar-refractivity contribution in [1.82, 2.24) is 0 Å². The molecule has 0 saturated heterocycles. The Hall–Kier alpha value is -1.83. The van der Waals surface area contributed by atoms with Gasteiger partial charge in [0.05, 0.1) is 0 Å². The molecule has 0 spiro atoms. The highest BCUT2D eigenvalue weighted by Crippen LogP contribution is 2.67. The number of benzene rings is 1. The molecule has 5 rings (SSSR count). The number of rotatable bonds is 8. The molecule has 0 amide bonds. The summed E-state index contributed by atoms with van der Waals surface area (Å²) in [7, 11) is 0. The molecule has 3 saturated carbocycles. The van der Waals surface area contributed by atoms with E-state index in [1.807, 2.05) is 36.4 Å². The maximum atomic E-state index is 12.6. The van der Waals surface area contributed by atoms with Crippen LogP contribution in [0.2, 0.25) is 0 Å². The molecule has 4 aliphatic rings. The second-order valence-electron chi connectivity index (χ2n) is 14.3. The lowest BCUT2D eigenvalue weighted by Crippen LogP contribution is -2.51. The quantitative estimate of drug-likeness (QED) is 0.195. The molecule has 8 atom stereocenters. The maximum Gasteiger partial charge on any atom is 0.331 e. The van der Waals surface area contributed by atoms with Gasteiger partial charge in [-0.1, -0.05) is 95.9 Å². The first-order valence-corrected chi connectivity index (χ1v) is 15.8. The summed E-state index contributed by atoms with van der Waals surface area (Å²) in [5.41, 5.74) is 3.46. The van der Waals surface area contributed by atoms with Crippen LogP contribution in [-0.4, -0.2) is 12.1 Å². The first-order chi connectivity index (χ1) is 18.2. The largest absolute Gasteiger partial charge is 0.459 e. The van der Waals surface area contributed by atoms with Crippen LogP contribution in [0, 0.1) is 46.3 Å². The zero-order valence-electron chi connectivity index (χ0n) is 24.8. The molecule has 1 aromatic rings. The molecule has 2 nitrogen and oxygen atoms in total. The van der Waals surface area contributed by atoms with Crippen molar-refractivity contribution >= 4 is 12.0 Å². The summed E-state index contributed by atoms with van der Waals surface area (Å²) in [5.74, 6) is 4.97. The first-order valence-electron chi connectivity index (χ1n) is 15.8. The fraction of sp³-hybridized carbons (Fsp3) is 0.694. The molecule has 0 radical (unpaired) electrons. The van der Waals surface area contributed by atoms with Crippen LogP contribution < -0.4 is 0 Å². The van der Waals surface area contributed by atoms with Crippen molar-refractivity contribution in [2.24, 2.45) is 46.3 Å². The average molecular weight is 517 g/mol. The summed E-state index contributed by atoms with van der Waals surface area (Å²) in [5, 5.41) is 0. The summed E-state index contributed by atoms with van der Waals surface area (Å²) in [4.78, 5) is 12.6. The average Bonchev–Trinajstić information content (AvgIpc) is 3.25. The highest BCUT2D eigenvalue weighted by Gasteiger charge is 2.59. The van der Waals surface area contributed by atoms with Gasteiger partial charge in [0.2, 0.25) is 0 Å². The molecule has 208 valence electrons. The second kappa shape index (κ2) is 11.3. The van der Waals surface area contributed by atoms with Crippen LogP contribution in [0.3, 0.4) is 0 Å². The van der Waals surface area contributed by atoms with Gasteiger partial charge in [0.1, 0.15) is 6.10 Å². The summed E-state index contributed by atoms with van der Waals surface area (Å²) < 4.78 is 5.95. The normalized spacial score (nSPS) is 37.3. The fourth-order valence-electron chi connectivity index (χ4n) is 9.68. The molecular weight excluding hydrogens is 464 g/mol. The molecule has 0 N–H and O–H groups in total. The maximum absolute atomic E-state index is 12.6. The van der Waals surface area contributed by atoms with E-state index in [-0.39, 0.29) is 12.1 Å². The molecule has 0 unspecified atom stereocenters. The van der Waals surface area contributed by atoms with E-state index >= 15 is 0 Å². The standard InChI is InChI=1S/C36H52O2/c1-25(2)10-9-11-26(3)31-17-18-32-30-16-15-28-24-29(38-34(37)19-14-27-12-7-6-8-13-27)20-22-35(28,4)33(30)21-23-36(31,32)5/h6-8,12-15,19,25-26,29-33H,9-11,16-18,20-24H2,1-5H3/t26-,29+,30-,31+,32-,33+,35+,36-/m1/s1. The minimum absolute atomic E-state index is 0.0233. The fourth-order valence-corrected chi connectivity index (χ4v) is 9.68. The third kappa shape index (κ3) is 5.44. The van der Waals surface area contributed by atoms with E-state index < -0.39 is 0 Å². The van der Waals surface area contributed by atoms with Crippen LogP contribution in [0.15, 0.2) is 48.1 Å². The van der Waals surface area contributed by atoms with E-state index in [2.05, 4.69) is 40.7 Å². The van der Waals surface area contributed by atoms with Gasteiger partial charge in [0, 0.05) is 12.5 Å². The number of carbonyl (C=O) groups excluding carboxylic acids is 1. The third-order valence-electron chi connectivity index (χ3n) is 11.8. The Morgan fingerprint density at radius 1 is 1.00 bits per heavy atom. The molecule has 0 aliphatic heterocycles. The molecule has 1 aromatic carbocycles. The van der Waals surface area contributed by atoms with Gasteiger partial charge in [-0.15, -0.1) is 0 Å². The minimum Gasteiger partial charge on any atom is -0.459 e. The van der Waals surface area contributed by atoms with Crippen molar-refractivity contribution in [1.29, 1.82) is 0 Å². The Morgan fingerprint density at radius 2 is 1.79 bits per heavy atom. The molecule has 2 heteroatoms. The Bertz CT molecular complexity index is 1020. The summed E-state index contributed by atoms with van der Waals surface area (Å²) in [6, 6.07) is 9.99. The lowest BCUT2D eigenvalue weighted by Gasteiger charge is -2.58. The summed E-state index contributed by atoms with van der Waals surface area (Å²) in [6.07, 6.45) is 20.3. The number of allylic oxidation sites excluding steroid dienone is 1. The SMILES string of the molecule is CC(C)CCC[C@@H](C)[C@@H]1CC[C@@H]2[C@H]3CC=C4C[C@@H](OC(=O)C=Cc5ccccc5)CC[C@]4(C)[C@H]3CC[C@@]21C. The van der Waals surface area contributed by atoms with Gasteiger partial charge in [-0.3, -0.25) is 0 Å². The van der Waals surface area contributed by atoms with Crippen LogP contribution >= 0.6 is 0 Å². The molecular formula is C36H52O2. The minimum atomic E-state index is -0.204. The van der Waals surface area contributed by atoms with Gasteiger partial charge >= 0.3 is 5.97 Å². The van der Waals surface area contributed by atoms with Crippen LogP contribution in [0.25, 0.3) is 6.08 Å². The molecule has 0 heterocycles. The van der Waals surface area contributed by atoms with Crippen molar-refractivity contribution in [3.05, 3.63) is 53.6 Å². The van der Waals surface area contributed by atoms with Crippen molar-refractivity contribution in [2.75, 3.05) is 0 Å². The number of hydrogen-bond donors (Lipinski definition) is 0. The topological polar surface area (TPSA) is 26.3 Å². The zero-order valence-corrected chi connectivity index (χ0v) is 24.8. The van der Waals surface area contributed by atoms with E-state index in [1.54, 1.807) is 11.6 Å². The van der Waals surface area contributed by atoms with Crippen LogP contribution in [0.5, 0.6) is 0 Å². The number of fused-ring (bicyclic) bond motifs is 5. The second-order valence-corrected chi connectivity index (χ2v) is 14.3. The summed E-state index contributed by atoms with van der Waals surface area (Å²) in [6.45, 7) is 12.6. The highest BCUT2D eigenvalue weighted by atomic mass is 16.5. The third-order valence-corrected chi connectivity index (χ3v) is 11.8. The predicted octanol–water partition coefficient (Wildman–Crippen LogP) is 9.65. The van der Waals surface area contributed by atoms with Crippen LogP contribution in [-0.2, 0) is 9.53 Å². The van der Waals surface area contributed by atoms with E-state index in [9.17, 15) is 4.79 Å². The Morgan fingerprint density at radius 3 is 2.55 bits per heavy atom. The molecule has 3 fully saturated rings.